The maximum absolute atomic E-state index is 14.4. The zero-order chi connectivity index (χ0) is 26.4. The predicted molar refractivity (Wildman–Crippen MR) is 130 cm³/mol. The van der Waals surface area contributed by atoms with Crippen LogP contribution in [0.3, 0.4) is 0 Å². The number of fused-ring (bicyclic) bond motifs is 1. The first kappa shape index (κ1) is 25.9. The minimum absolute atomic E-state index is 0.0347. The fourth-order valence-electron chi connectivity index (χ4n) is 5.52. The smallest absolute Gasteiger partial charge is 0.339 e. The van der Waals surface area contributed by atoms with Crippen LogP contribution in [0, 0.1) is 11.7 Å². The highest BCUT2D eigenvalue weighted by Crippen LogP contribution is 2.49. The van der Waals surface area contributed by atoms with Crippen LogP contribution in [0.25, 0.3) is 0 Å². The standard InChI is InChI=1S/C26H28F4N4O2S/c1-33-15-25(31-16-33)37(35,36)32-13-23-22-12-19(27)6-7-20(22)21(24(23)14-34-8-3-9-34)11-17-4-2-5-18(10-17)26(28,29)30/h2,4-7,10,12,15-16,21,23-24,32H,3,8-9,11,13-14H2,1H3. The Bertz CT molecular complexity index is 1390. The molecular weight excluding hydrogens is 508 g/mol. The van der Waals surface area contributed by atoms with Gasteiger partial charge in [-0.2, -0.15) is 13.2 Å². The number of hydrogen-bond acceptors (Lipinski definition) is 4. The molecule has 1 aliphatic heterocycles. The molecule has 5 rings (SSSR count). The molecule has 2 aliphatic rings. The van der Waals surface area contributed by atoms with Crippen LogP contribution in [0.5, 0.6) is 0 Å². The van der Waals surface area contributed by atoms with Crippen molar-refractivity contribution in [2.75, 3.05) is 26.2 Å². The van der Waals surface area contributed by atoms with E-state index in [2.05, 4.69) is 14.6 Å². The van der Waals surface area contributed by atoms with Gasteiger partial charge in [-0.1, -0.05) is 24.3 Å². The van der Waals surface area contributed by atoms with E-state index in [-0.39, 0.29) is 29.3 Å². The Labute approximate surface area is 213 Å². The van der Waals surface area contributed by atoms with Crippen LogP contribution in [0.2, 0.25) is 0 Å². The van der Waals surface area contributed by atoms with E-state index < -0.39 is 27.6 Å². The predicted octanol–water partition coefficient (Wildman–Crippen LogP) is 4.30. The van der Waals surface area contributed by atoms with Crippen molar-refractivity contribution in [3.05, 3.63) is 83.1 Å². The van der Waals surface area contributed by atoms with Gasteiger partial charge in [0.1, 0.15) is 5.82 Å². The van der Waals surface area contributed by atoms with Gasteiger partial charge >= 0.3 is 6.18 Å². The number of imidazole rings is 1. The van der Waals surface area contributed by atoms with Crippen LogP contribution in [-0.2, 0) is 29.7 Å². The first-order valence-corrected chi connectivity index (χ1v) is 13.6. The lowest BCUT2D eigenvalue weighted by Crippen LogP contribution is -2.43. The number of benzene rings is 2. The maximum Gasteiger partial charge on any atom is 0.416 e. The molecule has 37 heavy (non-hydrogen) atoms. The third-order valence-electron chi connectivity index (χ3n) is 7.46. The summed E-state index contributed by atoms with van der Waals surface area (Å²) in [6, 6.07) is 9.79. The van der Waals surface area contributed by atoms with Crippen molar-refractivity contribution in [1.82, 2.24) is 19.2 Å². The number of nitrogens with one attached hydrogen (secondary N) is 1. The first-order chi connectivity index (χ1) is 17.5. The van der Waals surface area contributed by atoms with Gasteiger partial charge in [0.2, 0.25) is 0 Å². The van der Waals surface area contributed by atoms with Crippen molar-refractivity contribution in [1.29, 1.82) is 0 Å². The molecule has 1 N–H and O–H groups in total. The molecule has 3 aromatic rings. The second-order valence-electron chi connectivity index (χ2n) is 9.94. The Morgan fingerprint density at radius 2 is 1.86 bits per heavy atom. The van der Waals surface area contributed by atoms with E-state index in [9.17, 15) is 26.0 Å². The molecule has 0 spiro atoms. The quantitative estimate of drug-likeness (QED) is 0.436. The molecule has 0 amide bonds. The molecular formula is C26H28F4N4O2S. The lowest BCUT2D eigenvalue weighted by molar-refractivity contribution is -0.137. The molecule has 2 heterocycles. The van der Waals surface area contributed by atoms with E-state index in [0.717, 1.165) is 31.1 Å². The summed E-state index contributed by atoms with van der Waals surface area (Å²) >= 11 is 0. The summed E-state index contributed by atoms with van der Waals surface area (Å²) in [4.78, 5) is 6.19. The summed E-state index contributed by atoms with van der Waals surface area (Å²) in [7, 11) is -2.23. The van der Waals surface area contributed by atoms with Crippen molar-refractivity contribution in [2.45, 2.75) is 35.9 Å². The summed E-state index contributed by atoms with van der Waals surface area (Å²) in [5.41, 5.74) is 1.39. The molecule has 6 nitrogen and oxygen atoms in total. The van der Waals surface area contributed by atoms with E-state index in [1.165, 1.54) is 41.4 Å². The monoisotopic (exact) mass is 536 g/mol. The van der Waals surface area contributed by atoms with Gasteiger partial charge in [0.25, 0.3) is 10.0 Å². The van der Waals surface area contributed by atoms with E-state index in [4.69, 9.17) is 0 Å². The fourth-order valence-corrected chi connectivity index (χ4v) is 6.55. The summed E-state index contributed by atoms with van der Waals surface area (Å²) in [5.74, 6) is -1.08. The summed E-state index contributed by atoms with van der Waals surface area (Å²) in [6.07, 6.45) is -0.255. The van der Waals surface area contributed by atoms with Crippen molar-refractivity contribution >= 4 is 10.0 Å². The molecule has 1 fully saturated rings. The Morgan fingerprint density at radius 3 is 2.51 bits per heavy atom. The number of hydrogen-bond donors (Lipinski definition) is 1. The number of rotatable bonds is 8. The fraction of sp³-hybridized carbons (Fsp3) is 0.423. The summed E-state index contributed by atoms with van der Waals surface area (Å²) < 4.78 is 84.5. The van der Waals surface area contributed by atoms with Crippen LogP contribution >= 0.6 is 0 Å². The largest absolute Gasteiger partial charge is 0.416 e. The summed E-state index contributed by atoms with van der Waals surface area (Å²) in [6.45, 7) is 2.50. The number of likely N-dealkylation sites (tertiary alicyclic amines) is 1. The molecule has 1 aromatic heterocycles. The van der Waals surface area contributed by atoms with Gasteiger partial charge in [-0.3, -0.25) is 0 Å². The zero-order valence-electron chi connectivity index (χ0n) is 20.2. The van der Waals surface area contributed by atoms with Gasteiger partial charge < -0.3 is 9.47 Å². The molecule has 1 saturated heterocycles. The van der Waals surface area contributed by atoms with Crippen LogP contribution in [0.1, 0.15) is 40.5 Å². The van der Waals surface area contributed by atoms with Crippen molar-refractivity contribution in [2.24, 2.45) is 13.0 Å². The van der Waals surface area contributed by atoms with Crippen LogP contribution < -0.4 is 4.72 Å². The van der Waals surface area contributed by atoms with E-state index in [0.29, 0.717) is 24.1 Å². The minimum Gasteiger partial charge on any atom is -0.339 e. The van der Waals surface area contributed by atoms with Gasteiger partial charge in [-0.15, -0.1) is 0 Å². The normalized spacial score (nSPS) is 22.1. The average Bonchev–Trinajstić information content (AvgIpc) is 3.36. The number of aromatic nitrogens is 2. The highest BCUT2D eigenvalue weighted by Gasteiger charge is 2.43. The molecule has 3 unspecified atom stereocenters. The third kappa shape index (κ3) is 5.44. The third-order valence-corrected chi connectivity index (χ3v) is 8.77. The molecule has 0 radical (unpaired) electrons. The van der Waals surface area contributed by atoms with Gasteiger partial charge in [-0.05, 0) is 72.7 Å². The second kappa shape index (κ2) is 9.85. The number of nitrogens with zero attached hydrogens (tertiary/aromatic N) is 3. The summed E-state index contributed by atoms with van der Waals surface area (Å²) in [5, 5.41) is -0.104. The Kier molecular flexibility index (Phi) is 6.88. The van der Waals surface area contributed by atoms with Gasteiger partial charge in [0, 0.05) is 32.3 Å². The Hall–Kier alpha value is -2.76. The SMILES string of the molecule is Cn1cnc(S(=O)(=O)NCC2c3cc(F)ccc3C(Cc3cccc(C(F)(F)F)c3)C2CN2CCC2)c1. The first-order valence-electron chi connectivity index (χ1n) is 12.2. The zero-order valence-corrected chi connectivity index (χ0v) is 21.1. The molecule has 198 valence electrons. The number of aryl methyl sites for hydroxylation is 1. The second-order valence-corrected chi connectivity index (χ2v) is 11.6. The molecule has 0 bridgehead atoms. The van der Waals surface area contributed by atoms with Crippen molar-refractivity contribution < 1.29 is 26.0 Å². The maximum atomic E-state index is 14.4. The van der Waals surface area contributed by atoms with E-state index in [1.54, 1.807) is 19.2 Å². The lowest BCUT2D eigenvalue weighted by Gasteiger charge is -2.37. The van der Waals surface area contributed by atoms with E-state index >= 15 is 0 Å². The van der Waals surface area contributed by atoms with Gasteiger partial charge in [-0.25, -0.2) is 22.5 Å². The van der Waals surface area contributed by atoms with Crippen molar-refractivity contribution in [3.63, 3.8) is 0 Å². The molecule has 1 aliphatic carbocycles. The van der Waals surface area contributed by atoms with Crippen LogP contribution in [0.4, 0.5) is 17.6 Å². The van der Waals surface area contributed by atoms with Gasteiger partial charge in [0.05, 0.1) is 11.9 Å². The molecule has 0 saturated carbocycles. The highest BCUT2D eigenvalue weighted by molar-refractivity contribution is 7.89. The van der Waals surface area contributed by atoms with Crippen LogP contribution in [0.15, 0.2) is 60.0 Å². The van der Waals surface area contributed by atoms with Crippen molar-refractivity contribution in [3.8, 4) is 0 Å². The van der Waals surface area contributed by atoms with Crippen LogP contribution in [-0.4, -0.2) is 49.0 Å². The highest BCUT2D eigenvalue weighted by atomic mass is 32.2. The lowest BCUT2D eigenvalue weighted by atomic mass is 9.82. The van der Waals surface area contributed by atoms with E-state index in [1.807, 2.05) is 0 Å². The Morgan fingerprint density at radius 1 is 1.08 bits per heavy atom. The Balaban J connectivity index is 1.48. The van der Waals surface area contributed by atoms with Gasteiger partial charge in [0.15, 0.2) is 5.03 Å². The topological polar surface area (TPSA) is 67.2 Å². The molecule has 3 atom stereocenters. The average molecular weight is 537 g/mol. The number of sulfonamides is 1. The number of alkyl halides is 3. The number of halogens is 4. The minimum atomic E-state index is -4.45. The molecule has 11 heteroatoms. The molecule has 2 aromatic carbocycles.